The first-order valence-electron chi connectivity index (χ1n) is 7.02. The van der Waals surface area contributed by atoms with Gasteiger partial charge in [-0.3, -0.25) is 4.79 Å². The Hall–Kier alpha value is -2.87. The zero-order valence-corrected chi connectivity index (χ0v) is 13.8. The molecule has 1 aromatic heterocycles. The molecule has 0 atom stereocenters. The van der Waals surface area contributed by atoms with Crippen LogP contribution in [0.1, 0.15) is 22.0 Å². The fourth-order valence-corrected chi connectivity index (χ4v) is 3.29. The van der Waals surface area contributed by atoms with Crippen LogP contribution in [-0.4, -0.2) is 29.0 Å². The summed E-state index contributed by atoms with van der Waals surface area (Å²) in [4.78, 5) is 33.1. The second kappa shape index (κ2) is 6.32. The fourth-order valence-electron chi connectivity index (χ4n) is 2.24. The lowest BCUT2D eigenvalue weighted by Crippen LogP contribution is -2.19. The highest BCUT2D eigenvalue weighted by atomic mass is 32.2. The molecule has 7 nitrogen and oxygen atoms in total. The number of primary amides is 1. The number of nitrogens with two attached hydrogens (primary N) is 1. The second-order valence-corrected chi connectivity index (χ2v) is 6.05. The van der Waals surface area contributed by atoms with Crippen LogP contribution in [0.4, 0.5) is 5.69 Å². The van der Waals surface area contributed by atoms with Crippen molar-refractivity contribution in [1.29, 1.82) is 0 Å². The van der Waals surface area contributed by atoms with Crippen LogP contribution in [-0.2, 0) is 9.53 Å². The van der Waals surface area contributed by atoms with E-state index in [0.717, 1.165) is 10.6 Å². The number of fused-ring (bicyclic) bond motifs is 1. The third-order valence-corrected chi connectivity index (χ3v) is 4.38. The second-order valence-electron chi connectivity index (χ2n) is 5.00. The van der Waals surface area contributed by atoms with Gasteiger partial charge in [0.2, 0.25) is 0 Å². The van der Waals surface area contributed by atoms with Gasteiger partial charge in [0.1, 0.15) is 5.57 Å². The van der Waals surface area contributed by atoms with Crippen LogP contribution in [0.25, 0.3) is 5.57 Å². The summed E-state index contributed by atoms with van der Waals surface area (Å²) in [6.45, 7) is 1.70. The Kier molecular flexibility index (Phi) is 4.22. The van der Waals surface area contributed by atoms with Crippen molar-refractivity contribution in [2.45, 2.75) is 11.8 Å². The van der Waals surface area contributed by atoms with Crippen molar-refractivity contribution >= 4 is 34.9 Å². The number of rotatable bonds is 3. The van der Waals surface area contributed by atoms with Gasteiger partial charge in [0.25, 0.3) is 5.91 Å². The molecule has 3 N–H and O–H groups in total. The van der Waals surface area contributed by atoms with Crippen LogP contribution in [0.3, 0.4) is 0 Å². The zero-order chi connectivity index (χ0) is 17.3. The Balaban J connectivity index is 2.11. The minimum atomic E-state index is -0.681. The van der Waals surface area contributed by atoms with E-state index < -0.39 is 11.9 Å². The van der Waals surface area contributed by atoms with E-state index in [1.165, 1.54) is 24.9 Å². The zero-order valence-electron chi connectivity index (χ0n) is 13.0. The normalized spacial score (nSPS) is 14.6. The van der Waals surface area contributed by atoms with Gasteiger partial charge in [0, 0.05) is 10.6 Å². The number of hydrogen-bond donors (Lipinski definition) is 2. The monoisotopic (exact) mass is 342 g/mol. The Morgan fingerprint density at radius 1 is 1.25 bits per heavy atom. The molecule has 0 saturated carbocycles. The van der Waals surface area contributed by atoms with E-state index in [1.807, 2.05) is 24.3 Å². The Bertz CT molecular complexity index is 852. The van der Waals surface area contributed by atoms with E-state index in [1.54, 1.807) is 6.92 Å². The maximum atomic E-state index is 12.0. The number of carbonyl (C=O) groups is 2. The van der Waals surface area contributed by atoms with Gasteiger partial charge in [0.15, 0.2) is 11.5 Å². The molecule has 0 saturated heterocycles. The average Bonchev–Trinajstić information content (AvgIpc) is 2.96. The number of carbonyl (C=O) groups excluding carboxylic acids is 2. The van der Waals surface area contributed by atoms with Gasteiger partial charge in [-0.2, -0.15) is 0 Å². The van der Waals surface area contributed by atoms with Crippen LogP contribution in [0.2, 0.25) is 0 Å². The van der Waals surface area contributed by atoms with Crippen molar-refractivity contribution in [3.05, 3.63) is 52.6 Å². The molecule has 0 aliphatic carbocycles. The molecule has 8 heteroatoms. The molecule has 0 unspecified atom stereocenters. The smallest absolute Gasteiger partial charge is 0.356 e. The van der Waals surface area contributed by atoms with Crippen molar-refractivity contribution in [3.8, 4) is 0 Å². The summed E-state index contributed by atoms with van der Waals surface area (Å²) in [6.07, 6.45) is 0. The molecule has 3 rings (SSSR count). The highest BCUT2D eigenvalue weighted by Crippen LogP contribution is 2.43. The van der Waals surface area contributed by atoms with Crippen molar-refractivity contribution < 1.29 is 14.3 Å². The summed E-state index contributed by atoms with van der Waals surface area (Å²) in [6, 6.07) is 9.10. The minimum absolute atomic E-state index is 0.0693. The Labute approximate surface area is 142 Å². The molecule has 0 spiro atoms. The van der Waals surface area contributed by atoms with Crippen LogP contribution in [0, 0.1) is 6.92 Å². The average molecular weight is 342 g/mol. The van der Waals surface area contributed by atoms with Gasteiger partial charge in [-0.25, -0.2) is 14.8 Å². The molecule has 2 heterocycles. The quantitative estimate of drug-likeness (QED) is 0.648. The van der Waals surface area contributed by atoms with Crippen LogP contribution < -0.4 is 11.1 Å². The van der Waals surface area contributed by atoms with Gasteiger partial charge in [-0.1, -0.05) is 23.9 Å². The number of aromatic nitrogens is 2. The lowest BCUT2D eigenvalue weighted by atomic mass is 10.2. The first kappa shape index (κ1) is 16.0. The Morgan fingerprint density at radius 2 is 2.00 bits per heavy atom. The van der Waals surface area contributed by atoms with Gasteiger partial charge in [0.05, 0.1) is 17.8 Å². The summed E-state index contributed by atoms with van der Waals surface area (Å²) in [5.74, 6) is -1.20. The molecule has 0 radical (unpaired) electrons. The SMILES string of the molecule is COC(=O)c1cc(C)nc(/C(C(N)=O)=C2/Nc3ccccc3S2)n1. The summed E-state index contributed by atoms with van der Waals surface area (Å²) >= 11 is 1.36. The van der Waals surface area contributed by atoms with Gasteiger partial charge in [-0.15, -0.1) is 0 Å². The molecule has 2 aromatic rings. The lowest BCUT2D eigenvalue weighted by molar-refractivity contribution is -0.112. The highest BCUT2D eigenvalue weighted by molar-refractivity contribution is 8.04. The van der Waals surface area contributed by atoms with E-state index in [9.17, 15) is 9.59 Å². The standard InChI is InChI=1S/C16H14N4O3S/c1-8-7-10(16(22)23-2)19-14(18-8)12(13(17)21)15-20-9-5-3-4-6-11(9)24-15/h3-7,20H,1-2H3,(H2,17,21)/b15-12-. The first-order chi connectivity index (χ1) is 11.5. The first-order valence-corrected chi connectivity index (χ1v) is 7.83. The number of benzene rings is 1. The van der Waals surface area contributed by atoms with Gasteiger partial charge in [-0.05, 0) is 25.1 Å². The predicted octanol–water partition coefficient (Wildman–Crippen LogP) is 1.94. The molecule has 1 aliphatic rings. The number of ether oxygens (including phenoxy) is 1. The van der Waals surface area contributed by atoms with E-state index in [4.69, 9.17) is 5.73 Å². The van der Waals surface area contributed by atoms with Gasteiger partial charge < -0.3 is 15.8 Å². The highest BCUT2D eigenvalue weighted by Gasteiger charge is 2.26. The number of esters is 1. The maximum absolute atomic E-state index is 12.0. The van der Waals surface area contributed by atoms with Crippen LogP contribution in [0.15, 0.2) is 40.3 Å². The molecular weight excluding hydrogens is 328 g/mol. The Morgan fingerprint density at radius 3 is 2.67 bits per heavy atom. The number of anilines is 1. The lowest BCUT2D eigenvalue weighted by Gasteiger charge is -2.09. The number of amides is 1. The molecule has 1 aromatic carbocycles. The number of methoxy groups -OCH3 is 1. The molecule has 24 heavy (non-hydrogen) atoms. The molecule has 1 aliphatic heterocycles. The molecule has 122 valence electrons. The number of nitrogens with zero attached hydrogens (tertiary/aromatic N) is 2. The van der Waals surface area contributed by atoms with Gasteiger partial charge >= 0.3 is 5.97 Å². The topological polar surface area (TPSA) is 107 Å². The summed E-state index contributed by atoms with van der Waals surface area (Å²) in [5, 5.41) is 3.67. The van der Waals surface area contributed by atoms with Crippen molar-refractivity contribution in [2.24, 2.45) is 5.73 Å². The molecule has 1 amide bonds. The number of para-hydroxylation sites is 1. The number of hydrogen-bond acceptors (Lipinski definition) is 7. The van der Waals surface area contributed by atoms with E-state index in [2.05, 4.69) is 20.0 Å². The van der Waals surface area contributed by atoms with Crippen molar-refractivity contribution in [3.63, 3.8) is 0 Å². The van der Waals surface area contributed by atoms with Crippen molar-refractivity contribution in [1.82, 2.24) is 9.97 Å². The van der Waals surface area contributed by atoms with Crippen LogP contribution >= 0.6 is 11.8 Å². The van der Waals surface area contributed by atoms with Crippen LogP contribution in [0.5, 0.6) is 0 Å². The molecule has 0 bridgehead atoms. The predicted molar refractivity (Wildman–Crippen MR) is 90.1 cm³/mol. The van der Waals surface area contributed by atoms with E-state index in [0.29, 0.717) is 10.7 Å². The number of aryl methyl sites for hydroxylation is 1. The minimum Gasteiger partial charge on any atom is -0.464 e. The third kappa shape index (κ3) is 2.95. The molecule has 0 fully saturated rings. The summed E-state index contributed by atoms with van der Waals surface area (Å²) in [7, 11) is 1.26. The molecular formula is C16H14N4O3S. The van der Waals surface area contributed by atoms with E-state index in [-0.39, 0.29) is 17.1 Å². The third-order valence-electron chi connectivity index (χ3n) is 3.29. The summed E-state index contributed by atoms with van der Waals surface area (Å²) < 4.78 is 4.68. The largest absolute Gasteiger partial charge is 0.464 e. The number of nitrogens with one attached hydrogen (secondary N) is 1. The number of thioether (sulfide) groups is 1. The maximum Gasteiger partial charge on any atom is 0.356 e. The summed E-state index contributed by atoms with van der Waals surface area (Å²) in [5.41, 5.74) is 7.15. The van der Waals surface area contributed by atoms with Crippen molar-refractivity contribution in [2.75, 3.05) is 12.4 Å². The fraction of sp³-hybridized carbons (Fsp3) is 0.125. The van der Waals surface area contributed by atoms with E-state index >= 15 is 0 Å².